The number of urea groups is 1. The Labute approximate surface area is 120 Å². The van der Waals surface area contributed by atoms with Crippen LogP contribution in [-0.4, -0.2) is 40.0 Å². The highest BCUT2D eigenvalue weighted by atomic mass is 16.6. The number of nitrogens with one attached hydrogen (secondary N) is 1. The van der Waals surface area contributed by atoms with E-state index in [1.165, 1.54) is 24.3 Å². The van der Waals surface area contributed by atoms with Gasteiger partial charge in [0.2, 0.25) is 0 Å². The van der Waals surface area contributed by atoms with Crippen molar-refractivity contribution < 1.29 is 19.6 Å². The van der Waals surface area contributed by atoms with Crippen LogP contribution in [0.15, 0.2) is 24.3 Å². The number of carbonyl (C=O) groups is 2. The molecule has 8 heteroatoms. The minimum atomic E-state index is -1.17. The zero-order chi connectivity index (χ0) is 15.8. The second kappa shape index (κ2) is 7.49. The second-order valence-corrected chi connectivity index (χ2v) is 4.04. The summed E-state index contributed by atoms with van der Waals surface area (Å²) in [5, 5.41) is 21.7. The number of nitro benzene ring substituents is 1. The van der Waals surface area contributed by atoms with Gasteiger partial charge in [0.15, 0.2) is 0 Å². The topological polar surface area (TPSA) is 113 Å². The van der Waals surface area contributed by atoms with Crippen LogP contribution in [0.3, 0.4) is 0 Å². The van der Waals surface area contributed by atoms with E-state index in [2.05, 4.69) is 11.2 Å². The van der Waals surface area contributed by atoms with Gasteiger partial charge in [-0.05, 0) is 5.56 Å². The molecule has 2 amide bonds. The van der Waals surface area contributed by atoms with Crippen LogP contribution >= 0.6 is 0 Å². The minimum absolute atomic E-state index is 0.0510. The third-order valence-electron chi connectivity index (χ3n) is 2.49. The monoisotopic (exact) mass is 291 g/mol. The van der Waals surface area contributed by atoms with E-state index < -0.39 is 23.5 Å². The van der Waals surface area contributed by atoms with Crippen LogP contribution in [0.1, 0.15) is 5.56 Å². The molecule has 0 saturated carbocycles. The zero-order valence-electron chi connectivity index (χ0n) is 11.0. The smallest absolute Gasteiger partial charge is 0.323 e. The molecule has 0 radical (unpaired) electrons. The van der Waals surface area contributed by atoms with Gasteiger partial charge in [0.05, 0.1) is 11.5 Å². The Morgan fingerprint density at radius 3 is 2.48 bits per heavy atom. The second-order valence-electron chi connectivity index (χ2n) is 4.04. The van der Waals surface area contributed by atoms with E-state index in [9.17, 15) is 19.7 Å². The first-order valence-electron chi connectivity index (χ1n) is 5.85. The number of hydrogen-bond donors (Lipinski definition) is 2. The van der Waals surface area contributed by atoms with E-state index in [1.54, 1.807) is 0 Å². The summed E-state index contributed by atoms with van der Waals surface area (Å²) in [4.78, 5) is 33.3. The number of terminal acetylenes is 1. The summed E-state index contributed by atoms with van der Waals surface area (Å²) < 4.78 is 0. The van der Waals surface area contributed by atoms with Gasteiger partial charge in [0.1, 0.15) is 6.54 Å². The summed E-state index contributed by atoms with van der Waals surface area (Å²) in [6.45, 7) is -0.522. The predicted octanol–water partition coefficient (Wildman–Crippen LogP) is 0.824. The van der Waals surface area contributed by atoms with Crippen molar-refractivity contribution in [1.29, 1.82) is 0 Å². The summed E-state index contributed by atoms with van der Waals surface area (Å²) >= 11 is 0. The van der Waals surface area contributed by atoms with Crippen LogP contribution in [0.25, 0.3) is 0 Å². The van der Waals surface area contributed by atoms with Gasteiger partial charge in [-0.15, -0.1) is 6.42 Å². The van der Waals surface area contributed by atoms with Gasteiger partial charge in [0.25, 0.3) is 5.69 Å². The van der Waals surface area contributed by atoms with Crippen LogP contribution < -0.4 is 5.32 Å². The molecule has 0 heterocycles. The van der Waals surface area contributed by atoms with E-state index in [0.717, 1.165) is 4.90 Å². The quantitative estimate of drug-likeness (QED) is 0.458. The maximum atomic E-state index is 11.8. The first-order chi connectivity index (χ1) is 9.93. The lowest BCUT2D eigenvalue weighted by Crippen LogP contribution is -2.42. The van der Waals surface area contributed by atoms with Crippen molar-refractivity contribution in [2.45, 2.75) is 6.54 Å². The third-order valence-corrected chi connectivity index (χ3v) is 2.49. The number of carboxylic acid groups (broad SMARTS) is 1. The molecule has 1 rings (SSSR count). The molecule has 0 atom stereocenters. The number of rotatable bonds is 6. The number of non-ortho nitro benzene ring substituents is 1. The number of nitro groups is 1. The molecule has 0 aromatic heterocycles. The highest BCUT2D eigenvalue weighted by molar-refractivity contribution is 5.80. The van der Waals surface area contributed by atoms with Crippen molar-refractivity contribution in [3.8, 4) is 12.3 Å². The standard InChI is InChI=1S/C13H13N3O5/c1-2-7-15(9-12(17)18)13(19)14-8-10-3-5-11(6-4-10)16(20)21/h1,3-6H,7-9H2,(H,14,19)(H,17,18). The van der Waals surface area contributed by atoms with Gasteiger partial charge in [-0.25, -0.2) is 4.79 Å². The van der Waals surface area contributed by atoms with Crippen molar-refractivity contribution in [2.75, 3.05) is 13.1 Å². The number of aliphatic carboxylic acids is 1. The Balaban J connectivity index is 2.60. The third kappa shape index (κ3) is 5.20. The van der Waals surface area contributed by atoms with Crippen molar-refractivity contribution in [3.05, 3.63) is 39.9 Å². The van der Waals surface area contributed by atoms with Crippen molar-refractivity contribution >= 4 is 17.7 Å². The zero-order valence-corrected chi connectivity index (χ0v) is 11.0. The Morgan fingerprint density at radius 2 is 2.00 bits per heavy atom. The Hall–Kier alpha value is -3.08. The van der Waals surface area contributed by atoms with Crippen LogP contribution in [0.2, 0.25) is 0 Å². The molecule has 0 spiro atoms. The molecule has 0 saturated heterocycles. The normalized spacial score (nSPS) is 9.48. The van der Waals surface area contributed by atoms with Crippen LogP contribution in [0.5, 0.6) is 0 Å². The van der Waals surface area contributed by atoms with Gasteiger partial charge in [-0.2, -0.15) is 0 Å². The number of amides is 2. The van der Waals surface area contributed by atoms with Gasteiger partial charge < -0.3 is 15.3 Å². The number of carbonyl (C=O) groups excluding carboxylic acids is 1. The highest BCUT2D eigenvalue weighted by Gasteiger charge is 2.15. The lowest BCUT2D eigenvalue weighted by atomic mass is 10.2. The largest absolute Gasteiger partial charge is 0.480 e. The minimum Gasteiger partial charge on any atom is -0.480 e. The van der Waals surface area contributed by atoms with Crippen LogP contribution in [0, 0.1) is 22.5 Å². The predicted molar refractivity (Wildman–Crippen MR) is 73.4 cm³/mol. The van der Waals surface area contributed by atoms with Gasteiger partial charge >= 0.3 is 12.0 Å². The fourth-order valence-electron chi connectivity index (χ4n) is 1.50. The molecule has 21 heavy (non-hydrogen) atoms. The fraction of sp³-hybridized carbons (Fsp3) is 0.231. The molecular weight excluding hydrogens is 278 g/mol. The molecule has 1 aromatic rings. The molecule has 0 aliphatic carbocycles. The molecule has 8 nitrogen and oxygen atoms in total. The SMILES string of the molecule is C#CCN(CC(=O)O)C(=O)NCc1ccc([N+](=O)[O-])cc1. The van der Waals surface area contributed by atoms with Gasteiger partial charge in [-0.3, -0.25) is 14.9 Å². The molecule has 0 unspecified atom stereocenters. The summed E-state index contributed by atoms with van der Waals surface area (Å²) in [6, 6.07) is 5.02. The Kier molecular flexibility index (Phi) is 5.70. The van der Waals surface area contributed by atoms with E-state index >= 15 is 0 Å². The molecule has 110 valence electrons. The number of nitrogens with zero attached hydrogens (tertiary/aromatic N) is 2. The summed E-state index contributed by atoms with van der Waals surface area (Å²) in [7, 11) is 0. The maximum Gasteiger partial charge on any atom is 0.323 e. The van der Waals surface area contributed by atoms with Crippen LogP contribution in [0.4, 0.5) is 10.5 Å². The molecule has 0 fully saturated rings. The Bertz CT molecular complexity index is 576. The lowest BCUT2D eigenvalue weighted by Gasteiger charge is -2.18. The van der Waals surface area contributed by atoms with Crippen LogP contribution in [-0.2, 0) is 11.3 Å². The Morgan fingerprint density at radius 1 is 1.38 bits per heavy atom. The van der Waals surface area contributed by atoms with Gasteiger partial charge in [0, 0.05) is 18.7 Å². The average molecular weight is 291 g/mol. The molecule has 2 N–H and O–H groups in total. The van der Waals surface area contributed by atoms with E-state index in [0.29, 0.717) is 5.56 Å². The summed E-state index contributed by atoms with van der Waals surface area (Å²) in [6.07, 6.45) is 5.07. The highest BCUT2D eigenvalue weighted by Crippen LogP contribution is 2.11. The van der Waals surface area contributed by atoms with Crippen molar-refractivity contribution in [2.24, 2.45) is 0 Å². The molecule has 1 aromatic carbocycles. The first-order valence-corrected chi connectivity index (χ1v) is 5.85. The molecule has 0 bridgehead atoms. The molecule has 0 aliphatic rings. The number of carboxylic acids is 1. The van der Waals surface area contributed by atoms with Crippen molar-refractivity contribution in [1.82, 2.24) is 10.2 Å². The molecule has 0 aliphatic heterocycles. The maximum absolute atomic E-state index is 11.8. The van der Waals surface area contributed by atoms with E-state index in [1.807, 2.05) is 0 Å². The number of benzene rings is 1. The summed E-state index contributed by atoms with van der Waals surface area (Å²) in [5.41, 5.74) is 0.592. The molecular formula is C13H13N3O5. The lowest BCUT2D eigenvalue weighted by molar-refractivity contribution is -0.384. The average Bonchev–Trinajstić information content (AvgIpc) is 2.44. The fourth-order valence-corrected chi connectivity index (χ4v) is 1.50. The number of hydrogen-bond acceptors (Lipinski definition) is 4. The first kappa shape index (κ1) is 16.0. The van der Waals surface area contributed by atoms with Crippen molar-refractivity contribution in [3.63, 3.8) is 0 Å². The van der Waals surface area contributed by atoms with Gasteiger partial charge in [-0.1, -0.05) is 18.1 Å². The summed E-state index contributed by atoms with van der Waals surface area (Å²) in [5.74, 6) is 1.03. The van der Waals surface area contributed by atoms with E-state index in [-0.39, 0.29) is 18.8 Å². The van der Waals surface area contributed by atoms with E-state index in [4.69, 9.17) is 11.5 Å².